The van der Waals surface area contributed by atoms with Crippen LogP contribution in [0.4, 0.5) is 5.69 Å². The van der Waals surface area contributed by atoms with Gasteiger partial charge in [0.25, 0.3) is 15.9 Å². The molecule has 0 aliphatic carbocycles. The van der Waals surface area contributed by atoms with E-state index in [4.69, 9.17) is 32.7 Å². The first-order valence-corrected chi connectivity index (χ1v) is 9.80. The van der Waals surface area contributed by atoms with Crippen molar-refractivity contribution >= 4 is 44.8 Å². The average Bonchev–Trinajstić information content (AvgIpc) is 2.61. The Bertz CT molecular complexity index is 978. The van der Waals surface area contributed by atoms with Gasteiger partial charge in [-0.1, -0.05) is 23.2 Å². The van der Waals surface area contributed by atoms with Gasteiger partial charge >= 0.3 is 0 Å². The third kappa shape index (κ3) is 4.58. The number of amides is 1. The Labute approximate surface area is 167 Å². The summed E-state index contributed by atoms with van der Waals surface area (Å²) >= 11 is 12.1. The van der Waals surface area contributed by atoms with Crippen LogP contribution in [0.25, 0.3) is 0 Å². The van der Waals surface area contributed by atoms with Gasteiger partial charge < -0.3 is 14.4 Å². The van der Waals surface area contributed by atoms with Crippen LogP contribution < -0.4 is 14.2 Å². The molecule has 1 amide bonds. The van der Waals surface area contributed by atoms with Crippen LogP contribution in [0.5, 0.6) is 11.5 Å². The minimum atomic E-state index is -4.04. The quantitative estimate of drug-likeness (QED) is 0.754. The first-order chi connectivity index (χ1) is 12.6. The molecule has 7 nitrogen and oxygen atoms in total. The van der Waals surface area contributed by atoms with Crippen molar-refractivity contribution < 1.29 is 22.7 Å². The van der Waals surface area contributed by atoms with Crippen LogP contribution in [0.15, 0.2) is 35.2 Å². The van der Waals surface area contributed by atoms with Crippen molar-refractivity contribution in [2.75, 3.05) is 33.0 Å². The first-order valence-electron chi connectivity index (χ1n) is 7.56. The third-order valence-electron chi connectivity index (χ3n) is 3.60. The third-order valence-corrected chi connectivity index (χ3v) is 5.59. The molecule has 0 fully saturated rings. The summed E-state index contributed by atoms with van der Waals surface area (Å²) in [5, 5.41) is 0.355. The smallest absolute Gasteiger partial charge is 0.262 e. The normalized spacial score (nSPS) is 11.0. The Morgan fingerprint density at radius 3 is 2.19 bits per heavy atom. The summed E-state index contributed by atoms with van der Waals surface area (Å²) in [5.74, 6) is 0.141. The van der Waals surface area contributed by atoms with Crippen molar-refractivity contribution in [1.82, 2.24) is 4.90 Å². The molecule has 0 heterocycles. The maximum atomic E-state index is 12.8. The second-order valence-electron chi connectivity index (χ2n) is 5.63. The predicted molar refractivity (Wildman–Crippen MR) is 105 cm³/mol. The van der Waals surface area contributed by atoms with Gasteiger partial charge in [-0.15, -0.1) is 0 Å². The molecule has 0 spiro atoms. The topological polar surface area (TPSA) is 84.9 Å². The number of methoxy groups -OCH3 is 2. The maximum absolute atomic E-state index is 12.8. The van der Waals surface area contributed by atoms with Crippen molar-refractivity contribution in [3.63, 3.8) is 0 Å². The van der Waals surface area contributed by atoms with Crippen molar-refractivity contribution in [3.05, 3.63) is 45.9 Å². The van der Waals surface area contributed by atoms with E-state index in [0.29, 0.717) is 5.75 Å². The number of halogens is 2. The number of carbonyl (C=O) groups is 1. The number of benzene rings is 2. The van der Waals surface area contributed by atoms with E-state index in [2.05, 4.69) is 4.72 Å². The molecule has 0 radical (unpaired) electrons. The summed E-state index contributed by atoms with van der Waals surface area (Å²) in [4.78, 5) is 13.4. The van der Waals surface area contributed by atoms with Gasteiger partial charge in [0.15, 0.2) is 0 Å². The zero-order valence-corrected chi connectivity index (χ0v) is 17.4. The van der Waals surface area contributed by atoms with Gasteiger partial charge in [-0.3, -0.25) is 9.52 Å². The highest BCUT2D eigenvalue weighted by atomic mass is 35.5. The number of sulfonamides is 1. The van der Waals surface area contributed by atoms with Gasteiger partial charge in [-0.05, 0) is 24.3 Å². The fourth-order valence-corrected chi connectivity index (χ4v) is 3.75. The number of ether oxygens (including phenoxy) is 2. The van der Waals surface area contributed by atoms with Crippen molar-refractivity contribution in [2.45, 2.75) is 4.90 Å². The van der Waals surface area contributed by atoms with Crippen molar-refractivity contribution in [1.29, 1.82) is 0 Å². The Morgan fingerprint density at radius 2 is 1.63 bits per heavy atom. The van der Waals surface area contributed by atoms with Crippen LogP contribution in [0, 0.1) is 0 Å². The van der Waals surface area contributed by atoms with Crippen molar-refractivity contribution in [2.24, 2.45) is 0 Å². The van der Waals surface area contributed by atoms with Crippen LogP contribution >= 0.6 is 23.2 Å². The molecule has 0 aromatic heterocycles. The molecule has 2 rings (SSSR count). The molecule has 0 aliphatic heterocycles. The number of rotatable bonds is 6. The molecule has 10 heteroatoms. The van der Waals surface area contributed by atoms with E-state index >= 15 is 0 Å². The Balaban J connectivity index is 2.48. The highest BCUT2D eigenvalue weighted by Gasteiger charge is 2.22. The van der Waals surface area contributed by atoms with Crippen molar-refractivity contribution in [3.8, 4) is 11.5 Å². The molecule has 2 aromatic carbocycles. The standard InChI is InChI=1S/C17H18Cl2N2O5S/c1-21(2)17(22)11-7-10(5-6-12(11)18)27(23,24)20-14-8-13(19)15(25-3)9-16(14)26-4/h5-9,20H,1-4H3. The molecule has 0 aliphatic rings. The number of carbonyl (C=O) groups excluding carboxylic acids is 1. The Morgan fingerprint density at radius 1 is 1.00 bits per heavy atom. The molecular weight excluding hydrogens is 415 g/mol. The maximum Gasteiger partial charge on any atom is 0.262 e. The van der Waals surface area contributed by atoms with Crippen LogP contribution in [0.3, 0.4) is 0 Å². The first kappa shape index (κ1) is 21.1. The lowest BCUT2D eigenvalue weighted by molar-refractivity contribution is 0.0827. The van der Waals surface area contributed by atoms with E-state index in [1.807, 2.05) is 0 Å². The number of hydrogen-bond acceptors (Lipinski definition) is 5. The number of anilines is 1. The van der Waals surface area contributed by atoms with Gasteiger partial charge in [0, 0.05) is 20.2 Å². The predicted octanol–water partition coefficient (Wildman–Crippen LogP) is 3.51. The van der Waals surface area contributed by atoms with Crippen LogP contribution in [-0.2, 0) is 10.0 Å². The second kappa shape index (κ2) is 8.24. The summed E-state index contributed by atoms with van der Waals surface area (Å²) in [7, 11) is 1.87. The summed E-state index contributed by atoms with van der Waals surface area (Å²) in [6.07, 6.45) is 0. The monoisotopic (exact) mass is 432 g/mol. The number of nitrogens with one attached hydrogen (secondary N) is 1. The van der Waals surface area contributed by atoms with E-state index in [1.54, 1.807) is 14.1 Å². The largest absolute Gasteiger partial charge is 0.495 e. The SMILES string of the molecule is COc1cc(OC)c(NS(=O)(=O)c2ccc(Cl)c(C(=O)N(C)C)c2)cc1Cl. The zero-order chi connectivity index (χ0) is 20.4. The lowest BCUT2D eigenvalue weighted by Gasteiger charge is -2.16. The summed E-state index contributed by atoms with van der Waals surface area (Å²) in [5.41, 5.74) is 0.197. The molecule has 0 atom stereocenters. The van der Waals surface area contributed by atoms with E-state index in [1.165, 1.54) is 49.5 Å². The highest BCUT2D eigenvalue weighted by Crippen LogP contribution is 2.37. The van der Waals surface area contributed by atoms with E-state index < -0.39 is 15.9 Å². The molecule has 2 aromatic rings. The second-order valence-corrected chi connectivity index (χ2v) is 8.13. The molecule has 0 bridgehead atoms. The van der Waals surface area contributed by atoms with Crippen LogP contribution in [-0.4, -0.2) is 47.5 Å². The van der Waals surface area contributed by atoms with Gasteiger partial charge in [-0.2, -0.15) is 0 Å². The number of hydrogen-bond donors (Lipinski definition) is 1. The summed E-state index contributed by atoms with van der Waals surface area (Å²) in [6.45, 7) is 0. The lowest BCUT2D eigenvalue weighted by atomic mass is 10.2. The molecule has 0 unspecified atom stereocenters. The Hall–Kier alpha value is -2.16. The summed E-state index contributed by atoms with van der Waals surface area (Å²) in [6, 6.07) is 6.70. The zero-order valence-electron chi connectivity index (χ0n) is 15.0. The molecule has 1 N–H and O–H groups in total. The molecule has 146 valence electrons. The summed E-state index contributed by atoms with van der Waals surface area (Å²) < 4.78 is 38.2. The van der Waals surface area contributed by atoms with E-state index in [0.717, 1.165) is 0 Å². The van der Waals surface area contributed by atoms with Gasteiger partial charge in [-0.25, -0.2) is 8.42 Å². The van der Waals surface area contributed by atoms with Crippen LogP contribution in [0.1, 0.15) is 10.4 Å². The molecule has 27 heavy (non-hydrogen) atoms. The van der Waals surface area contributed by atoms with Gasteiger partial charge in [0.2, 0.25) is 0 Å². The molecule has 0 saturated carbocycles. The lowest BCUT2D eigenvalue weighted by Crippen LogP contribution is -2.23. The highest BCUT2D eigenvalue weighted by molar-refractivity contribution is 7.92. The van der Waals surface area contributed by atoms with E-state index in [9.17, 15) is 13.2 Å². The van der Waals surface area contributed by atoms with E-state index in [-0.39, 0.29) is 31.9 Å². The van der Waals surface area contributed by atoms with Gasteiger partial charge in [0.1, 0.15) is 11.5 Å². The fraction of sp³-hybridized carbons (Fsp3) is 0.235. The minimum Gasteiger partial charge on any atom is -0.495 e. The van der Waals surface area contributed by atoms with Gasteiger partial charge in [0.05, 0.1) is 40.4 Å². The van der Waals surface area contributed by atoms with Crippen LogP contribution in [0.2, 0.25) is 10.0 Å². The average molecular weight is 433 g/mol. The minimum absolute atomic E-state index is 0.0734. The molecular formula is C17H18Cl2N2O5S. The Kier molecular flexibility index (Phi) is 6.46. The number of nitrogens with zero attached hydrogens (tertiary/aromatic N) is 1. The molecule has 0 saturated heterocycles. The fourth-order valence-electron chi connectivity index (χ4n) is 2.22.